The van der Waals surface area contributed by atoms with Crippen LogP contribution in [0.1, 0.15) is 18.1 Å². The number of ether oxygens (including phenoxy) is 3. The molecule has 2 aromatic carbocycles. The number of carbonyl (C=O) groups excluding carboxylic acids is 1. The number of hydrogen-bond acceptors (Lipinski definition) is 4. The molecule has 0 fully saturated rings. The molecule has 130 valence electrons. The highest BCUT2D eigenvalue weighted by atomic mass is 35.5. The number of amides is 1. The van der Waals surface area contributed by atoms with Gasteiger partial charge < -0.3 is 19.5 Å². The van der Waals surface area contributed by atoms with Crippen LogP contribution in [0.2, 0.25) is 5.02 Å². The number of carbonyl (C=O) groups is 1. The summed E-state index contributed by atoms with van der Waals surface area (Å²) in [6.45, 7) is 3.15. The molecule has 5 nitrogen and oxygen atoms in total. The summed E-state index contributed by atoms with van der Waals surface area (Å²) in [6.07, 6.45) is 3.12. The monoisotopic (exact) mass is 359 g/mol. The second-order valence-electron chi connectivity index (χ2n) is 5.35. The number of hydrogen-bond donors (Lipinski definition) is 1. The number of nitrogens with one attached hydrogen (secondary N) is 1. The van der Waals surface area contributed by atoms with E-state index in [1.807, 2.05) is 31.2 Å². The molecule has 1 heterocycles. The normalized spacial score (nSPS) is 12.6. The summed E-state index contributed by atoms with van der Waals surface area (Å²) in [5.74, 6) is 0.875. The van der Waals surface area contributed by atoms with Crippen LogP contribution in [0, 0.1) is 0 Å². The van der Waals surface area contributed by atoms with Gasteiger partial charge in [0.1, 0.15) is 0 Å². The molecule has 1 amide bonds. The third kappa shape index (κ3) is 4.32. The van der Waals surface area contributed by atoms with Crippen LogP contribution in [0.15, 0.2) is 42.5 Å². The minimum absolute atomic E-state index is 0.152. The van der Waals surface area contributed by atoms with E-state index in [0.717, 1.165) is 16.8 Å². The number of halogens is 1. The Kier molecular flexibility index (Phi) is 5.58. The standard InChI is InChI=1S/C19H18ClNO4/c1-2-23-11-14-5-3-4-6-16(14)21-18(22)8-7-13-9-15(20)19-17(10-13)24-12-25-19/h3-10H,2,11-12H2,1H3,(H,21,22)/b8-7+. The lowest BCUT2D eigenvalue weighted by molar-refractivity contribution is -0.111. The van der Waals surface area contributed by atoms with Crippen LogP contribution >= 0.6 is 11.6 Å². The van der Waals surface area contributed by atoms with Gasteiger partial charge in [0.05, 0.1) is 11.6 Å². The zero-order valence-electron chi connectivity index (χ0n) is 13.8. The van der Waals surface area contributed by atoms with Gasteiger partial charge in [0.25, 0.3) is 0 Å². The summed E-state index contributed by atoms with van der Waals surface area (Å²) in [4.78, 5) is 12.2. The second kappa shape index (κ2) is 8.05. The molecule has 0 unspecified atom stereocenters. The van der Waals surface area contributed by atoms with E-state index in [-0.39, 0.29) is 12.7 Å². The van der Waals surface area contributed by atoms with E-state index < -0.39 is 0 Å². The zero-order valence-corrected chi connectivity index (χ0v) is 14.5. The fraction of sp³-hybridized carbons (Fsp3) is 0.211. The summed E-state index contributed by atoms with van der Waals surface area (Å²) in [6, 6.07) is 11.0. The Labute approximate surface area is 151 Å². The number of para-hydroxylation sites is 1. The highest BCUT2D eigenvalue weighted by molar-refractivity contribution is 6.32. The predicted molar refractivity (Wildman–Crippen MR) is 97.0 cm³/mol. The highest BCUT2D eigenvalue weighted by Gasteiger charge is 2.17. The molecule has 0 atom stereocenters. The van der Waals surface area contributed by atoms with Gasteiger partial charge in [-0.2, -0.15) is 0 Å². The van der Waals surface area contributed by atoms with Gasteiger partial charge in [-0.3, -0.25) is 4.79 Å². The zero-order chi connectivity index (χ0) is 17.6. The van der Waals surface area contributed by atoms with Crippen LogP contribution in [0.25, 0.3) is 6.08 Å². The fourth-order valence-electron chi connectivity index (χ4n) is 2.41. The van der Waals surface area contributed by atoms with E-state index in [1.165, 1.54) is 6.08 Å². The molecule has 1 N–H and O–H groups in total. The molecule has 3 rings (SSSR count). The number of rotatable bonds is 6. The molecule has 0 spiro atoms. The van der Waals surface area contributed by atoms with Crippen molar-refractivity contribution in [2.75, 3.05) is 18.7 Å². The van der Waals surface area contributed by atoms with Gasteiger partial charge in [0.2, 0.25) is 12.7 Å². The first-order chi connectivity index (χ1) is 12.2. The maximum Gasteiger partial charge on any atom is 0.248 e. The predicted octanol–water partition coefficient (Wildman–Crippen LogP) is 4.26. The van der Waals surface area contributed by atoms with E-state index in [0.29, 0.717) is 29.7 Å². The lowest BCUT2D eigenvalue weighted by Crippen LogP contribution is -2.10. The number of anilines is 1. The Hall–Kier alpha value is -2.50. The van der Waals surface area contributed by atoms with Gasteiger partial charge in [0.15, 0.2) is 11.5 Å². The van der Waals surface area contributed by atoms with Gasteiger partial charge in [-0.15, -0.1) is 0 Å². The molecule has 0 aromatic heterocycles. The smallest absolute Gasteiger partial charge is 0.248 e. The highest BCUT2D eigenvalue weighted by Crippen LogP contribution is 2.40. The van der Waals surface area contributed by atoms with Crippen molar-refractivity contribution >= 4 is 29.3 Å². The Balaban J connectivity index is 1.69. The van der Waals surface area contributed by atoms with Crippen molar-refractivity contribution in [3.8, 4) is 11.5 Å². The molecule has 1 aliphatic heterocycles. The summed E-state index contributed by atoms with van der Waals surface area (Å²) in [5.41, 5.74) is 2.42. The van der Waals surface area contributed by atoms with Gasteiger partial charge in [0, 0.05) is 23.9 Å². The van der Waals surface area contributed by atoms with Crippen molar-refractivity contribution in [1.82, 2.24) is 0 Å². The van der Waals surface area contributed by atoms with E-state index in [2.05, 4.69) is 5.32 Å². The first-order valence-electron chi connectivity index (χ1n) is 7.91. The Morgan fingerprint density at radius 2 is 2.16 bits per heavy atom. The average Bonchev–Trinajstić information content (AvgIpc) is 3.08. The maximum atomic E-state index is 12.2. The molecule has 0 radical (unpaired) electrons. The molecule has 0 saturated heterocycles. The van der Waals surface area contributed by atoms with Crippen molar-refractivity contribution in [2.45, 2.75) is 13.5 Å². The van der Waals surface area contributed by atoms with Crippen molar-refractivity contribution in [3.05, 3.63) is 58.6 Å². The minimum atomic E-state index is -0.238. The van der Waals surface area contributed by atoms with Gasteiger partial charge in [-0.25, -0.2) is 0 Å². The van der Waals surface area contributed by atoms with Crippen LogP contribution in [-0.4, -0.2) is 19.3 Å². The lowest BCUT2D eigenvalue weighted by Gasteiger charge is -2.09. The van der Waals surface area contributed by atoms with Crippen LogP contribution in [-0.2, 0) is 16.1 Å². The van der Waals surface area contributed by atoms with Gasteiger partial charge in [-0.05, 0) is 36.8 Å². The summed E-state index contributed by atoms with van der Waals surface area (Å²) in [7, 11) is 0. The Morgan fingerprint density at radius 1 is 1.32 bits per heavy atom. The summed E-state index contributed by atoms with van der Waals surface area (Å²) in [5, 5.41) is 3.32. The van der Waals surface area contributed by atoms with Crippen LogP contribution in [0.4, 0.5) is 5.69 Å². The average molecular weight is 360 g/mol. The summed E-state index contributed by atoms with van der Waals surface area (Å²) < 4.78 is 16.0. The van der Waals surface area contributed by atoms with Gasteiger partial charge >= 0.3 is 0 Å². The lowest BCUT2D eigenvalue weighted by atomic mass is 10.1. The van der Waals surface area contributed by atoms with Crippen LogP contribution in [0.3, 0.4) is 0 Å². The molecule has 1 aliphatic rings. The first-order valence-corrected chi connectivity index (χ1v) is 8.29. The molecule has 25 heavy (non-hydrogen) atoms. The molecule has 0 aliphatic carbocycles. The fourth-order valence-corrected chi connectivity index (χ4v) is 2.68. The van der Waals surface area contributed by atoms with Crippen LogP contribution in [0.5, 0.6) is 11.5 Å². The minimum Gasteiger partial charge on any atom is -0.454 e. The Bertz CT molecular complexity index is 804. The molecular weight excluding hydrogens is 342 g/mol. The molecule has 0 saturated carbocycles. The van der Waals surface area contributed by atoms with Crippen molar-refractivity contribution in [3.63, 3.8) is 0 Å². The van der Waals surface area contributed by atoms with Crippen molar-refractivity contribution in [1.29, 1.82) is 0 Å². The molecule has 0 bridgehead atoms. The van der Waals surface area contributed by atoms with Crippen molar-refractivity contribution in [2.24, 2.45) is 0 Å². The van der Waals surface area contributed by atoms with Gasteiger partial charge in [-0.1, -0.05) is 29.8 Å². The molecule has 2 aromatic rings. The SMILES string of the molecule is CCOCc1ccccc1NC(=O)/C=C/c1cc(Cl)c2c(c1)OCO2. The quantitative estimate of drug-likeness (QED) is 0.783. The second-order valence-corrected chi connectivity index (χ2v) is 5.76. The third-order valence-corrected chi connectivity index (χ3v) is 3.89. The number of benzene rings is 2. The van der Waals surface area contributed by atoms with E-state index in [1.54, 1.807) is 18.2 Å². The molecular formula is C19H18ClNO4. The Morgan fingerprint density at radius 3 is 3.00 bits per heavy atom. The van der Waals surface area contributed by atoms with Crippen LogP contribution < -0.4 is 14.8 Å². The molecule has 6 heteroatoms. The number of fused-ring (bicyclic) bond motifs is 1. The first kappa shape index (κ1) is 17.3. The van der Waals surface area contributed by atoms with E-state index in [4.69, 9.17) is 25.8 Å². The third-order valence-electron chi connectivity index (χ3n) is 3.61. The van der Waals surface area contributed by atoms with E-state index in [9.17, 15) is 4.79 Å². The summed E-state index contributed by atoms with van der Waals surface area (Å²) >= 11 is 6.14. The largest absolute Gasteiger partial charge is 0.454 e. The van der Waals surface area contributed by atoms with Crippen molar-refractivity contribution < 1.29 is 19.0 Å². The van der Waals surface area contributed by atoms with E-state index >= 15 is 0 Å². The maximum absolute atomic E-state index is 12.2. The topological polar surface area (TPSA) is 56.8 Å².